The van der Waals surface area contributed by atoms with Crippen LogP contribution in [0.4, 0.5) is 0 Å². The van der Waals surface area contributed by atoms with Gasteiger partial charge in [0.25, 0.3) is 0 Å². The molecule has 2 saturated carbocycles. The van der Waals surface area contributed by atoms with Crippen LogP contribution in [0.5, 0.6) is 0 Å². The van der Waals surface area contributed by atoms with E-state index in [0.717, 1.165) is 43.1 Å². The van der Waals surface area contributed by atoms with Crippen LogP contribution < -0.4 is 5.32 Å². The van der Waals surface area contributed by atoms with Crippen LogP contribution in [0.3, 0.4) is 0 Å². The van der Waals surface area contributed by atoms with Crippen molar-refractivity contribution < 1.29 is 4.42 Å². The third kappa shape index (κ3) is 3.86. The maximum atomic E-state index is 5.89. The highest BCUT2D eigenvalue weighted by molar-refractivity contribution is 5.21. The fourth-order valence-electron chi connectivity index (χ4n) is 2.85. The SMILES string of the molecule is CCCNCc1cc(CN(CC2CC2)C2CC2)c(C)o1. The van der Waals surface area contributed by atoms with E-state index in [1.54, 1.807) is 0 Å². The van der Waals surface area contributed by atoms with Crippen molar-refractivity contribution >= 4 is 0 Å². The summed E-state index contributed by atoms with van der Waals surface area (Å²) in [7, 11) is 0. The summed E-state index contributed by atoms with van der Waals surface area (Å²) in [5, 5.41) is 3.42. The molecule has 2 fully saturated rings. The first-order chi connectivity index (χ1) is 9.76. The molecule has 0 amide bonds. The summed E-state index contributed by atoms with van der Waals surface area (Å²) in [6.07, 6.45) is 6.85. The summed E-state index contributed by atoms with van der Waals surface area (Å²) in [5.74, 6) is 3.18. The Morgan fingerprint density at radius 1 is 1.30 bits per heavy atom. The summed E-state index contributed by atoms with van der Waals surface area (Å²) >= 11 is 0. The van der Waals surface area contributed by atoms with Crippen LogP contribution >= 0.6 is 0 Å². The molecule has 1 N–H and O–H groups in total. The van der Waals surface area contributed by atoms with Gasteiger partial charge in [0.15, 0.2) is 0 Å². The molecule has 3 nitrogen and oxygen atoms in total. The van der Waals surface area contributed by atoms with Gasteiger partial charge in [-0.2, -0.15) is 0 Å². The highest BCUT2D eigenvalue weighted by Crippen LogP contribution is 2.36. The van der Waals surface area contributed by atoms with Gasteiger partial charge in [0.1, 0.15) is 11.5 Å². The standard InChI is InChI=1S/C17H28N2O/c1-3-8-18-10-17-9-15(13(2)20-17)12-19(16-6-7-16)11-14-4-5-14/h9,14,16,18H,3-8,10-12H2,1-2H3. The van der Waals surface area contributed by atoms with Gasteiger partial charge in [0.05, 0.1) is 6.54 Å². The summed E-state index contributed by atoms with van der Waals surface area (Å²) in [6, 6.07) is 3.12. The second-order valence-electron chi connectivity index (χ2n) is 6.57. The number of aryl methyl sites for hydroxylation is 1. The van der Waals surface area contributed by atoms with E-state index < -0.39 is 0 Å². The van der Waals surface area contributed by atoms with Crippen molar-refractivity contribution in [3.05, 3.63) is 23.2 Å². The quantitative estimate of drug-likeness (QED) is 0.700. The van der Waals surface area contributed by atoms with Gasteiger partial charge in [-0.25, -0.2) is 0 Å². The van der Waals surface area contributed by atoms with Crippen LogP contribution in [0.1, 0.15) is 56.1 Å². The van der Waals surface area contributed by atoms with E-state index in [2.05, 4.69) is 30.1 Å². The molecule has 2 aliphatic carbocycles. The van der Waals surface area contributed by atoms with Crippen LogP contribution in [-0.4, -0.2) is 24.0 Å². The summed E-state index contributed by atoms with van der Waals surface area (Å²) in [5.41, 5.74) is 1.39. The first-order valence-corrected chi connectivity index (χ1v) is 8.29. The van der Waals surface area contributed by atoms with Crippen molar-refractivity contribution in [3.63, 3.8) is 0 Å². The van der Waals surface area contributed by atoms with E-state index in [-0.39, 0.29) is 0 Å². The lowest BCUT2D eigenvalue weighted by molar-refractivity contribution is 0.242. The number of hydrogen-bond acceptors (Lipinski definition) is 3. The Hall–Kier alpha value is -0.800. The first-order valence-electron chi connectivity index (χ1n) is 8.29. The second kappa shape index (κ2) is 6.31. The normalized spacial score (nSPS) is 18.9. The molecule has 0 bridgehead atoms. The Bertz CT molecular complexity index is 432. The summed E-state index contributed by atoms with van der Waals surface area (Å²) < 4.78 is 5.89. The molecule has 0 aromatic carbocycles. The lowest BCUT2D eigenvalue weighted by atomic mass is 10.2. The van der Waals surface area contributed by atoms with Crippen molar-refractivity contribution in [2.45, 2.75) is 65.1 Å². The lowest BCUT2D eigenvalue weighted by Crippen LogP contribution is -2.27. The molecule has 0 spiro atoms. The molecule has 1 aromatic rings. The maximum Gasteiger partial charge on any atom is 0.118 e. The Kier molecular flexibility index (Phi) is 4.47. The van der Waals surface area contributed by atoms with Gasteiger partial charge in [-0.3, -0.25) is 4.90 Å². The topological polar surface area (TPSA) is 28.4 Å². The maximum absolute atomic E-state index is 5.89. The van der Waals surface area contributed by atoms with Gasteiger partial charge < -0.3 is 9.73 Å². The number of rotatable bonds is 9. The Balaban J connectivity index is 1.57. The second-order valence-corrected chi connectivity index (χ2v) is 6.57. The minimum absolute atomic E-state index is 0.853. The van der Waals surface area contributed by atoms with Crippen LogP contribution in [-0.2, 0) is 13.1 Å². The molecular formula is C17H28N2O. The van der Waals surface area contributed by atoms with E-state index in [9.17, 15) is 0 Å². The molecule has 0 saturated heterocycles. The van der Waals surface area contributed by atoms with Crippen LogP contribution in [0.25, 0.3) is 0 Å². The zero-order chi connectivity index (χ0) is 13.9. The number of hydrogen-bond donors (Lipinski definition) is 1. The van der Waals surface area contributed by atoms with Gasteiger partial charge in [0.2, 0.25) is 0 Å². The van der Waals surface area contributed by atoms with Crippen LogP contribution in [0.15, 0.2) is 10.5 Å². The first kappa shape index (κ1) is 14.2. The van der Waals surface area contributed by atoms with Crippen molar-refractivity contribution in [3.8, 4) is 0 Å². The molecule has 0 aliphatic heterocycles. The van der Waals surface area contributed by atoms with Gasteiger partial charge >= 0.3 is 0 Å². The molecule has 2 aliphatic rings. The minimum Gasteiger partial charge on any atom is -0.465 e. The molecule has 1 aromatic heterocycles. The third-order valence-corrected chi connectivity index (χ3v) is 4.42. The number of nitrogens with zero attached hydrogens (tertiary/aromatic N) is 1. The van der Waals surface area contributed by atoms with E-state index in [1.165, 1.54) is 44.2 Å². The number of nitrogens with one attached hydrogen (secondary N) is 1. The molecule has 0 atom stereocenters. The lowest BCUT2D eigenvalue weighted by Gasteiger charge is -2.21. The molecule has 112 valence electrons. The van der Waals surface area contributed by atoms with Gasteiger partial charge in [-0.05, 0) is 57.6 Å². The Labute approximate surface area is 122 Å². The van der Waals surface area contributed by atoms with Crippen LogP contribution in [0.2, 0.25) is 0 Å². The molecule has 3 rings (SSSR count). The van der Waals surface area contributed by atoms with E-state index in [4.69, 9.17) is 4.42 Å². The average molecular weight is 276 g/mol. The fourth-order valence-corrected chi connectivity index (χ4v) is 2.85. The predicted octanol–water partition coefficient (Wildman–Crippen LogP) is 3.46. The van der Waals surface area contributed by atoms with Crippen molar-refractivity contribution in [1.82, 2.24) is 10.2 Å². The smallest absolute Gasteiger partial charge is 0.118 e. The highest BCUT2D eigenvalue weighted by atomic mass is 16.3. The molecule has 3 heteroatoms. The average Bonchev–Trinajstić information content (AvgIpc) is 3.31. The van der Waals surface area contributed by atoms with Gasteiger partial charge in [-0.1, -0.05) is 6.92 Å². The van der Waals surface area contributed by atoms with Crippen molar-refractivity contribution in [2.75, 3.05) is 13.1 Å². The molecule has 0 unspecified atom stereocenters. The predicted molar refractivity (Wildman–Crippen MR) is 81.6 cm³/mol. The molecule has 0 radical (unpaired) electrons. The minimum atomic E-state index is 0.853. The largest absolute Gasteiger partial charge is 0.465 e. The van der Waals surface area contributed by atoms with E-state index in [0.29, 0.717) is 0 Å². The Morgan fingerprint density at radius 3 is 2.75 bits per heavy atom. The monoisotopic (exact) mass is 276 g/mol. The third-order valence-electron chi connectivity index (χ3n) is 4.42. The number of furan rings is 1. The zero-order valence-corrected chi connectivity index (χ0v) is 13.0. The molecule has 1 heterocycles. The fraction of sp³-hybridized carbons (Fsp3) is 0.765. The highest BCUT2D eigenvalue weighted by Gasteiger charge is 2.34. The van der Waals surface area contributed by atoms with Crippen molar-refractivity contribution in [1.29, 1.82) is 0 Å². The Morgan fingerprint density at radius 2 is 2.10 bits per heavy atom. The zero-order valence-electron chi connectivity index (χ0n) is 13.0. The van der Waals surface area contributed by atoms with E-state index in [1.807, 2.05) is 0 Å². The molecular weight excluding hydrogens is 248 g/mol. The summed E-state index contributed by atoms with van der Waals surface area (Å²) in [4.78, 5) is 2.69. The summed E-state index contributed by atoms with van der Waals surface area (Å²) in [6.45, 7) is 8.62. The molecule has 20 heavy (non-hydrogen) atoms. The van der Waals surface area contributed by atoms with E-state index >= 15 is 0 Å². The van der Waals surface area contributed by atoms with Gasteiger partial charge in [-0.15, -0.1) is 0 Å². The van der Waals surface area contributed by atoms with Crippen molar-refractivity contribution in [2.24, 2.45) is 5.92 Å². The van der Waals surface area contributed by atoms with Gasteiger partial charge in [0, 0.05) is 24.7 Å². The van der Waals surface area contributed by atoms with Crippen LogP contribution in [0, 0.1) is 12.8 Å².